The molecular weight excluding hydrogens is 254 g/mol. The van der Waals surface area contributed by atoms with Gasteiger partial charge in [0.25, 0.3) is 5.56 Å². The molecule has 0 spiro atoms. The number of methoxy groups -OCH3 is 1. The molecule has 0 amide bonds. The lowest BCUT2D eigenvalue weighted by Gasteiger charge is -2.26. The zero-order chi connectivity index (χ0) is 13.3. The number of esters is 1. The molecule has 2 rings (SSSR count). The van der Waals surface area contributed by atoms with Crippen molar-refractivity contribution in [1.82, 2.24) is 9.47 Å². The largest absolute Gasteiger partial charge is 0.466 e. The van der Waals surface area contributed by atoms with Crippen LogP contribution in [0.3, 0.4) is 0 Å². The van der Waals surface area contributed by atoms with Crippen LogP contribution in [0.25, 0.3) is 6.08 Å². The van der Waals surface area contributed by atoms with Crippen LogP contribution < -0.4 is 14.9 Å². The minimum atomic E-state index is -0.521. The summed E-state index contributed by atoms with van der Waals surface area (Å²) in [5, 5.41) is 0. The Labute approximate surface area is 108 Å². The Morgan fingerprint density at radius 3 is 2.89 bits per heavy atom. The second-order valence-corrected chi connectivity index (χ2v) is 5.28. The van der Waals surface area contributed by atoms with Crippen molar-refractivity contribution in [3.05, 3.63) is 19.7 Å². The van der Waals surface area contributed by atoms with Crippen molar-refractivity contribution in [3.8, 4) is 0 Å². The number of aromatic nitrogens is 1. The smallest absolute Gasteiger partial charge is 0.332 e. The fraction of sp³-hybridized carbons (Fsp3) is 0.545. The maximum Gasteiger partial charge on any atom is 0.332 e. The summed E-state index contributed by atoms with van der Waals surface area (Å²) < 4.78 is 6.48. The highest BCUT2D eigenvalue weighted by Gasteiger charge is 2.17. The van der Waals surface area contributed by atoms with Crippen LogP contribution in [0.2, 0.25) is 0 Å². The van der Waals surface area contributed by atoms with Gasteiger partial charge in [-0.2, -0.15) is 0 Å². The fourth-order valence-corrected chi connectivity index (χ4v) is 2.54. The second-order valence-electron chi connectivity index (χ2n) is 4.27. The lowest BCUT2D eigenvalue weighted by molar-refractivity contribution is -0.133. The molecule has 0 saturated carbocycles. The number of carbonyl (C=O) groups is 1. The first-order chi connectivity index (χ1) is 8.52. The van der Waals surface area contributed by atoms with Gasteiger partial charge in [-0.05, 0) is 13.8 Å². The van der Waals surface area contributed by atoms with Gasteiger partial charge in [0.15, 0.2) is 4.80 Å². The molecule has 2 heterocycles. The van der Waals surface area contributed by atoms with Crippen molar-refractivity contribution >= 4 is 23.4 Å². The maximum absolute atomic E-state index is 12.1. The molecule has 0 aromatic carbocycles. The molecule has 0 bridgehead atoms. The van der Waals surface area contributed by atoms with Crippen LogP contribution in [0.15, 0.2) is 9.79 Å². The molecular formula is C11H15N3O3S. The van der Waals surface area contributed by atoms with Gasteiger partial charge in [0, 0.05) is 12.1 Å². The number of carbonyl (C=O) groups excluding carboxylic acids is 1. The van der Waals surface area contributed by atoms with E-state index < -0.39 is 5.97 Å². The number of fused-ring (bicyclic) bond motifs is 1. The minimum Gasteiger partial charge on any atom is -0.466 e. The fourth-order valence-electron chi connectivity index (χ4n) is 1.62. The molecule has 6 nitrogen and oxygen atoms in total. The predicted octanol–water partition coefficient (Wildman–Crippen LogP) is -0.878. The lowest BCUT2D eigenvalue weighted by Crippen LogP contribution is -2.45. The van der Waals surface area contributed by atoms with E-state index in [-0.39, 0.29) is 5.56 Å². The molecule has 0 N–H and O–H groups in total. The van der Waals surface area contributed by atoms with Crippen molar-refractivity contribution in [2.75, 3.05) is 13.8 Å². The van der Waals surface area contributed by atoms with E-state index in [0.29, 0.717) is 28.7 Å². The Morgan fingerprint density at radius 2 is 2.28 bits per heavy atom. The van der Waals surface area contributed by atoms with Gasteiger partial charge < -0.3 is 4.74 Å². The zero-order valence-corrected chi connectivity index (χ0v) is 11.4. The number of hydrogen-bond donors (Lipinski definition) is 0. The van der Waals surface area contributed by atoms with Crippen LogP contribution in [-0.2, 0) is 16.2 Å². The summed E-state index contributed by atoms with van der Waals surface area (Å²) in [4.78, 5) is 30.3. The maximum atomic E-state index is 12.1. The van der Waals surface area contributed by atoms with E-state index >= 15 is 0 Å². The zero-order valence-electron chi connectivity index (χ0n) is 10.5. The summed E-state index contributed by atoms with van der Waals surface area (Å²) in [7, 11) is 1.29. The Kier molecular flexibility index (Phi) is 3.63. The Hall–Kier alpha value is -1.47. The summed E-state index contributed by atoms with van der Waals surface area (Å²) in [5.41, 5.74) is -0.186. The summed E-state index contributed by atoms with van der Waals surface area (Å²) in [5.74, 6) is -0.521. The van der Waals surface area contributed by atoms with E-state index in [1.165, 1.54) is 24.5 Å². The molecule has 0 aliphatic carbocycles. The number of rotatable bonds is 2. The lowest BCUT2D eigenvalue weighted by atomic mass is 10.3. The average molecular weight is 269 g/mol. The van der Waals surface area contributed by atoms with Crippen molar-refractivity contribution in [2.24, 2.45) is 4.99 Å². The molecule has 0 saturated heterocycles. The topological polar surface area (TPSA) is 63.9 Å². The van der Waals surface area contributed by atoms with E-state index in [1.807, 2.05) is 0 Å². The summed E-state index contributed by atoms with van der Waals surface area (Å²) >= 11 is 1.22. The average Bonchev–Trinajstić information content (AvgIpc) is 2.66. The quantitative estimate of drug-likeness (QED) is 0.654. The van der Waals surface area contributed by atoms with Gasteiger partial charge in [0.05, 0.1) is 20.4 Å². The third kappa shape index (κ3) is 2.37. The van der Waals surface area contributed by atoms with Crippen LogP contribution in [-0.4, -0.2) is 35.3 Å². The molecule has 1 aromatic rings. The molecule has 0 unspecified atom stereocenters. The van der Waals surface area contributed by atoms with Gasteiger partial charge in [-0.3, -0.25) is 14.3 Å². The summed E-state index contributed by atoms with van der Waals surface area (Å²) in [6.07, 6.45) is 1.22. The van der Waals surface area contributed by atoms with E-state index in [4.69, 9.17) is 0 Å². The van der Waals surface area contributed by atoms with E-state index in [0.717, 1.165) is 0 Å². The third-order valence-electron chi connectivity index (χ3n) is 2.78. The molecule has 1 aliphatic heterocycles. The Balaban J connectivity index is 2.47. The standard InChI is InChI=1S/C11H15N3O3S/c1-7(2)13-5-12-11-14(6-13)10(16)8(18-11)4-9(15)17-3/h4,7H,5-6H2,1-3H3/b8-4-. The first kappa shape index (κ1) is 13.0. The van der Waals surface area contributed by atoms with Gasteiger partial charge in [-0.15, -0.1) is 0 Å². The predicted molar refractivity (Wildman–Crippen MR) is 67.7 cm³/mol. The van der Waals surface area contributed by atoms with Crippen LogP contribution >= 0.6 is 11.3 Å². The van der Waals surface area contributed by atoms with Gasteiger partial charge in [-0.1, -0.05) is 11.3 Å². The summed E-state index contributed by atoms with van der Waals surface area (Å²) in [6.45, 7) is 5.20. The second kappa shape index (κ2) is 5.03. The van der Waals surface area contributed by atoms with Crippen molar-refractivity contribution in [3.63, 3.8) is 0 Å². The van der Waals surface area contributed by atoms with Crippen LogP contribution in [0.5, 0.6) is 0 Å². The molecule has 18 heavy (non-hydrogen) atoms. The molecule has 1 aliphatic rings. The third-order valence-corrected chi connectivity index (χ3v) is 3.82. The highest BCUT2D eigenvalue weighted by atomic mass is 32.1. The van der Waals surface area contributed by atoms with Gasteiger partial charge in [0.2, 0.25) is 0 Å². The summed E-state index contributed by atoms with van der Waals surface area (Å²) in [6, 6.07) is 0.321. The van der Waals surface area contributed by atoms with Crippen molar-refractivity contribution < 1.29 is 9.53 Å². The van der Waals surface area contributed by atoms with Crippen molar-refractivity contribution in [1.29, 1.82) is 0 Å². The highest BCUT2D eigenvalue weighted by molar-refractivity contribution is 7.07. The Bertz CT molecular complexity index is 629. The first-order valence-electron chi connectivity index (χ1n) is 5.60. The Morgan fingerprint density at radius 1 is 1.56 bits per heavy atom. The number of thiazole rings is 1. The molecule has 7 heteroatoms. The highest BCUT2D eigenvalue weighted by Crippen LogP contribution is 2.01. The van der Waals surface area contributed by atoms with Crippen LogP contribution in [0.1, 0.15) is 13.8 Å². The van der Waals surface area contributed by atoms with E-state index in [2.05, 4.69) is 28.5 Å². The molecule has 1 aromatic heterocycles. The minimum absolute atomic E-state index is 0.186. The molecule has 98 valence electrons. The molecule has 0 fully saturated rings. The molecule has 0 atom stereocenters. The number of nitrogens with zero attached hydrogens (tertiary/aromatic N) is 3. The van der Waals surface area contributed by atoms with Gasteiger partial charge >= 0.3 is 5.97 Å². The number of hydrogen-bond acceptors (Lipinski definition) is 6. The normalized spacial score (nSPS) is 16.6. The number of ether oxygens (including phenoxy) is 1. The van der Waals surface area contributed by atoms with Crippen molar-refractivity contribution in [2.45, 2.75) is 26.6 Å². The van der Waals surface area contributed by atoms with E-state index in [1.54, 1.807) is 4.57 Å². The van der Waals surface area contributed by atoms with Gasteiger partial charge in [-0.25, -0.2) is 9.79 Å². The molecule has 0 radical (unpaired) electrons. The first-order valence-corrected chi connectivity index (χ1v) is 6.42. The van der Waals surface area contributed by atoms with Crippen LogP contribution in [0.4, 0.5) is 0 Å². The monoisotopic (exact) mass is 269 g/mol. The SMILES string of the molecule is COC(=O)/C=c1\sc2n(c1=O)CN(C(C)C)CN=2. The van der Waals surface area contributed by atoms with Gasteiger partial charge in [0.1, 0.15) is 4.53 Å². The van der Waals surface area contributed by atoms with Crippen LogP contribution in [0, 0.1) is 0 Å². The van der Waals surface area contributed by atoms with E-state index in [9.17, 15) is 9.59 Å².